The number of nitrogens with two attached hydrogens (primary N) is 1. The van der Waals surface area contributed by atoms with Crippen molar-refractivity contribution in [3.8, 4) is 0 Å². The number of rotatable bonds is 5. The summed E-state index contributed by atoms with van der Waals surface area (Å²) in [5, 5.41) is 3.07. The molecule has 0 fully saturated rings. The minimum absolute atomic E-state index is 0.712. The second kappa shape index (κ2) is 6.35. The van der Waals surface area contributed by atoms with Gasteiger partial charge in [-0.05, 0) is 31.1 Å². The molecule has 1 aromatic carbocycles. The van der Waals surface area contributed by atoms with Crippen LogP contribution in [0.4, 0.5) is 0 Å². The van der Waals surface area contributed by atoms with Crippen LogP contribution < -0.4 is 11.1 Å². The van der Waals surface area contributed by atoms with Crippen LogP contribution in [-0.4, -0.2) is 20.1 Å². The molecular weight excluding hydrogens is 172 g/mol. The lowest BCUT2D eigenvalue weighted by Gasteiger charge is -2.00. The highest BCUT2D eigenvalue weighted by Crippen LogP contribution is 2.07. The Morgan fingerprint density at radius 3 is 3.00 bits per heavy atom. The summed E-state index contributed by atoms with van der Waals surface area (Å²) in [6, 6.07) is 8.47. The van der Waals surface area contributed by atoms with Crippen LogP contribution >= 0.6 is 0 Å². The molecule has 76 valence electrons. The zero-order valence-electron chi connectivity index (χ0n) is 8.66. The van der Waals surface area contributed by atoms with Crippen molar-refractivity contribution in [1.29, 1.82) is 0 Å². The zero-order chi connectivity index (χ0) is 10.2. The number of nitrogens with one attached hydrogen (secondary N) is 1. The molecule has 0 saturated carbocycles. The SMILES string of the molecule is CNCC=Cc1cccc(CCN)c1. The minimum atomic E-state index is 0.712. The van der Waals surface area contributed by atoms with Crippen LogP contribution in [0.3, 0.4) is 0 Å². The van der Waals surface area contributed by atoms with E-state index in [-0.39, 0.29) is 0 Å². The van der Waals surface area contributed by atoms with Gasteiger partial charge in [-0.1, -0.05) is 36.4 Å². The van der Waals surface area contributed by atoms with Crippen LogP contribution in [0.2, 0.25) is 0 Å². The molecule has 0 unspecified atom stereocenters. The molecule has 0 heterocycles. The number of benzene rings is 1. The highest BCUT2D eigenvalue weighted by molar-refractivity contribution is 5.50. The van der Waals surface area contributed by atoms with Crippen LogP contribution in [0.5, 0.6) is 0 Å². The first kappa shape index (κ1) is 11.0. The molecule has 0 aliphatic heterocycles. The summed E-state index contributed by atoms with van der Waals surface area (Å²) < 4.78 is 0. The van der Waals surface area contributed by atoms with Gasteiger partial charge in [0.25, 0.3) is 0 Å². The van der Waals surface area contributed by atoms with Crippen molar-refractivity contribution in [1.82, 2.24) is 5.32 Å². The zero-order valence-corrected chi connectivity index (χ0v) is 8.66. The van der Waals surface area contributed by atoms with E-state index in [0.29, 0.717) is 6.54 Å². The van der Waals surface area contributed by atoms with Crippen molar-refractivity contribution in [2.24, 2.45) is 5.73 Å². The van der Waals surface area contributed by atoms with Crippen molar-refractivity contribution < 1.29 is 0 Å². The average Bonchev–Trinajstić information content (AvgIpc) is 2.19. The number of hydrogen-bond donors (Lipinski definition) is 2. The topological polar surface area (TPSA) is 38.0 Å². The fourth-order valence-corrected chi connectivity index (χ4v) is 1.33. The molecule has 1 rings (SSSR count). The van der Waals surface area contributed by atoms with Crippen LogP contribution in [0.1, 0.15) is 11.1 Å². The summed E-state index contributed by atoms with van der Waals surface area (Å²) >= 11 is 0. The van der Waals surface area contributed by atoms with Gasteiger partial charge in [0.1, 0.15) is 0 Å². The first-order chi connectivity index (χ1) is 6.86. The Labute approximate surface area is 85.8 Å². The Kier molecular flexibility index (Phi) is 4.97. The Morgan fingerprint density at radius 1 is 1.43 bits per heavy atom. The van der Waals surface area contributed by atoms with E-state index in [0.717, 1.165) is 13.0 Å². The van der Waals surface area contributed by atoms with Crippen LogP contribution in [0, 0.1) is 0 Å². The van der Waals surface area contributed by atoms with E-state index in [2.05, 4.69) is 41.7 Å². The maximum atomic E-state index is 5.50. The van der Waals surface area contributed by atoms with Gasteiger partial charge in [-0.25, -0.2) is 0 Å². The van der Waals surface area contributed by atoms with Gasteiger partial charge in [-0.3, -0.25) is 0 Å². The molecule has 0 bridgehead atoms. The molecule has 0 aliphatic rings. The Hall–Kier alpha value is -1.12. The van der Waals surface area contributed by atoms with E-state index in [4.69, 9.17) is 5.73 Å². The molecular formula is C12H18N2. The molecule has 0 spiro atoms. The molecule has 0 saturated heterocycles. The van der Waals surface area contributed by atoms with Crippen molar-refractivity contribution in [2.75, 3.05) is 20.1 Å². The summed E-state index contributed by atoms with van der Waals surface area (Å²) in [6.45, 7) is 1.62. The van der Waals surface area contributed by atoms with E-state index in [1.807, 2.05) is 7.05 Å². The largest absolute Gasteiger partial charge is 0.330 e. The van der Waals surface area contributed by atoms with Crippen molar-refractivity contribution in [2.45, 2.75) is 6.42 Å². The molecule has 2 heteroatoms. The molecule has 1 aromatic rings. The van der Waals surface area contributed by atoms with E-state index in [1.165, 1.54) is 11.1 Å². The Morgan fingerprint density at radius 2 is 2.29 bits per heavy atom. The fraction of sp³-hybridized carbons (Fsp3) is 0.333. The molecule has 2 nitrogen and oxygen atoms in total. The molecule has 3 N–H and O–H groups in total. The van der Waals surface area contributed by atoms with Gasteiger partial charge in [0.2, 0.25) is 0 Å². The summed E-state index contributed by atoms with van der Waals surface area (Å²) in [5.74, 6) is 0. The van der Waals surface area contributed by atoms with Gasteiger partial charge in [-0.15, -0.1) is 0 Å². The third-order valence-electron chi connectivity index (χ3n) is 2.02. The smallest absolute Gasteiger partial charge is 0.0135 e. The summed E-state index contributed by atoms with van der Waals surface area (Å²) in [6.07, 6.45) is 5.19. The Balaban J connectivity index is 2.63. The second-order valence-electron chi connectivity index (χ2n) is 3.24. The van der Waals surface area contributed by atoms with Crippen LogP contribution in [-0.2, 0) is 6.42 Å². The fourth-order valence-electron chi connectivity index (χ4n) is 1.33. The van der Waals surface area contributed by atoms with Crippen molar-refractivity contribution in [3.05, 3.63) is 41.5 Å². The third kappa shape index (κ3) is 3.73. The normalized spacial score (nSPS) is 11.0. The van der Waals surface area contributed by atoms with Gasteiger partial charge in [-0.2, -0.15) is 0 Å². The average molecular weight is 190 g/mol. The molecule has 0 atom stereocenters. The lowest BCUT2D eigenvalue weighted by molar-refractivity contribution is 0.922. The van der Waals surface area contributed by atoms with Crippen molar-refractivity contribution >= 4 is 6.08 Å². The van der Waals surface area contributed by atoms with E-state index < -0.39 is 0 Å². The highest BCUT2D eigenvalue weighted by atomic mass is 14.8. The van der Waals surface area contributed by atoms with Gasteiger partial charge < -0.3 is 11.1 Å². The second-order valence-corrected chi connectivity index (χ2v) is 3.24. The van der Waals surface area contributed by atoms with E-state index >= 15 is 0 Å². The standard InChI is InChI=1S/C12H18N2/c1-14-9-3-6-11-4-2-5-12(10-11)7-8-13/h2-6,10,14H,7-9,13H2,1H3. The third-order valence-corrected chi connectivity index (χ3v) is 2.02. The predicted octanol–water partition coefficient (Wildman–Crippen LogP) is 1.42. The number of hydrogen-bond acceptors (Lipinski definition) is 2. The molecule has 0 amide bonds. The summed E-state index contributed by atoms with van der Waals surface area (Å²) in [5.41, 5.74) is 8.05. The molecule has 0 aliphatic carbocycles. The molecule has 14 heavy (non-hydrogen) atoms. The molecule has 0 aromatic heterocycles. The lowest BCUT2D eigenvalue weighted by atomic mass is 10.1. The maximum Gasteiger partial charge on any atom is 0.0135 e. The van der Waals surface area contributed by atoms with Gasteiger partial charge in [0, 0.05) is 6.54 Å². The first-order valence-electron chi connectivity index (χ1n) is 4.97. The number of likely N-dealkylation sites (N-methyl/N-ethyl adjacent to an activating group) is 1. The quantitative estimate of drug-likeness (QED) is 0.737. The highest BCUT2D eigenvalue weighted by Gasteiger charge is 1.91. The monoisotopic (exact) mass is 190 g/mol. The van der Waals surface area contributed by atoms with E-state index in [1.54, 1.807) is 0 Å². The summed E-state index contributed by atoms with van der Waals surface area (Å²) in [7, 11) is 1.94. The van der Waals surface area contributed by atoms with Gasteiger partial charge in [0.15, 0.2) is 0 Å². The Bertz CT molecular complexity index is 292. The van der Waals surface area contributed by atoms with Crippen molar-refractivity contribution in [3.63, 3.8) is 0 Å². The van der Waals surface area contributed by atoms with Gasteiger partial charge in [0.05, 0.1) is 0 Å². The van der Waals surface area contributed by atoms with E-state index in [9.17, 15) is 0 Å². The lowest BCUT2D eigenvalue weighted by Crippen LogP contribution is -2.04. The first-order valence-corrected chi connectivity index (χ1v) is 4.97. The maximum absolute atomic E-state index is 5.50. The summed E-state index contributed by atoms with van der Waals surface area (Å²) in [4.78, 5) is 0. The van der Waals surface area contributed by atoms with Gasteiger partial charge >= 0.3 is 0 Å². The minimum Gasteiger partial charge on any atom is -0.330 e. The van der Waals surface area contributed by atoms with Crippen LogP contribution in [0.25, 0.3) is 6.08 Å². The van der Waals surface area contributed by atoms with Crippen LogP contribution in [0.15, 0.2) is 30.3 Å². The predicted molar refractivity (Wildman–Crippen MR) is 62.2 cm³/mol. The molecule has 0 radical (unpaired) electrons.